The quantitative estimate of drug-likeness (QED) is 0.450. The van der Waals surface area contributed by atoms with Crippen LogP contribution in [-0.2, 0) is 24.8 Å². The number of amides is 2. The first kappa shape index (κ1) is 26.0. The van der Waals surface area contributed by atoms with Gasteiger partial charge in [0.15, 0.2) is 5.82 Å². The van der Waals surface area contributed by atoms with Gasteiger partial charge in [-0.3, -0.25) is 14.5 Å². The second kappa shape index (κ2) is 10.6. The molecule has 37 heavy (non-hydrogen) atoms. The number of pyridine rings is 1. The summed E-state index contributed by atoms with van der Waals surface area (Å²) in [5.74, 6) is 0.138. The van der Waals surface area contributed by atoms with Crippen LogP contribution in [-0.4, -0.2) is 61.8 Å². The van der Waals surface area contributed by atoms with Crippen molar-refractivity contribution in [3.8, 4) is 11.1 Å². The molecule has 3 aromatic rings. The maximum atomic E-state index is 13.3. The van der Waals surface area contributed by atoms with Crippen LogP contribution in [0.15, 0.2) is 30.5 Å². The van der Waals surface area contributed by atoms with Gasteiger partial charge in [-0.1, -0.05) is 46.9 Å². The Morgan fingerprint density at radius 2 is 1.76 bits per heavy atom. The van der Waals surface area contributed by atoms with Crippen molar-refractivity contribution in [2.75, 3.05) is 25.0 Å². The fourth-order valence-electron chi connectivity index (χ4n) is 5.25. The number of hydrogen-bond donors (Lipinski definition) is 1. The van der Waals surface area contributed by atoms with Gasteiger partial charge < -0.3 is 14.8 Å². The molecule has 0 unspecified atom stereocenters. The molecule has 11 heteroatoms. The van der Waals surface area contributed by atoms with Crippen molar-refractivity contribution in [1.29, 1.82) is 0 Å². The van der Waals surface area contributed by atoms with E-state index in [1.807, 2.05) is 22.6 Å². The van der Waals surface area contributed by atoms with Crippen molar-refractivity contribution in [1.82, 2.24) is 24.3 Å². The molecule has 2 aliphatic heterocycles. The second-order valence-corrected chi connectivity index (χ2v) is 10.5. The molecule has 8 nitrogen and oxygen atoms in total. The third-order valence-electron chi connectivity index (χ3n) is 7.30. The fraction of sp³-hybridized carbons (Fsp3) is 0.385. The van der Waals surface area contributed by atoms with E-state index in [1.54, 1.807) is 31.3 Å². The number of anilines is 1. The number of nitrogens with one attached hydrogen (secondary N) is 1. The normalized spacial score (nSPS) is 16.5. The standard InChI is InChI=1S/C26H27Cl3N6O2/c1-15(36)34-11-7-16(8-12-34)35-13-9-21-20(14-35)31-25(33(21)2)26(37)32-19-5-3-4-17(22(19)27)18-6-10-30-24(29)23(18)28/h3-6,10,16H,7-9,11-14H2,1-2H3,(H,32,37). The maximum absolute atomic E-state index is 13.3. The Balaban J connectivity index is 1.33. The Morgan fingerprint density at radius 3 is 2.49 bits per heavy atom. The lowest BCUT2D eigenvalue weighted by Crippen LogP contribution is -2.47. The Hall–Kier alpha value is -2.65. The summed E-state index contributed by atoms with van der Waals surface area (Å²) >= 11 is 19.1. The van der Waals surface area contributed by atoms with Crippen LogP contribution < -0.4 is 5.32 Å². The minimum absolute atomic E-state index is 0.137. The molecule has 4 heterocycles. The molecule has 194 valence electrons. The van der Waals surface area contributed by atoms with E-state index in [1.165, 1.54) is 0 Å². The van der Waals surface area contributed by atoms with Gasteiger partial charge in [0.2, 0.25) is 5.91 Å². The maximum Gasteiger partial charge on any atom is 0.291 e. The van der Waals surface area contributed by atoms with E-state index >= 15 is 0 Å². The molecule has 1 fully saturated rings. The third-order valence-corrected chi connectivity index (χ3v) is 8.47. The number of rotatable bonds is 4. The van der Waals surface area contributed by atoms with Crippen LogP contribution in [0, 0.1) is 0 Å². The highest BCUT2D eigenvalue weighted by Gasteiger charge is 2.31. The average molecular weight is 562 g/mol. The van der Waals surface area contributed by atoms with E-state index in [0.717, 1.165) is 50.3 Å². The van der Waals surface area contributed by atoms with E-state index in [0.29, 0.717) is 45.3 Å². The number of likely N-dealkylation sites (tertiary alicyclic amines) is 1. The summed E-state index contributed by atoms with van der Waals surface area (Å²) in [4.78, 5) is 38.0. The monoisotopic (exact) mass is 560 g/mol. The number of halogens is 3. The molecule has 2 amide bonds. The molecule has 0 bridgehead atoms. The number of hydrogen-bond acceptors (Lipinski definition) is 5. The molecule has 1 N–H and O–H groups in total. The molecule has 5 rings (SSSR count). The van der Waals surface area contributed by atoms with E-state index < -0.39 is 0 Å². The van der Waals surface area contributed by atoms with Crippen LogP contribution in [0.4, 0.5) is 5.69 Å². The van der Waals surface area contributed by atoms with Gasteiger partial charge in [0.05, 0.1) is 21.4 Å². The average Bonchev–Trinajstić information content (AvgIpc) is 3.23. The summed E-state index contributed by atoms with van der Waals surface area (Å²) in [5, 5.41) is 3.74. The van der Waals surface area contributed by atoms with Crippen molar-refractivity contribution in [3.05, 3.63) is 62.9 Å². The van der Waals surface area contributed by atoms with Crippen LogP contribution in [0.1, 0.15) is 41.8 Å². The molecule has 0 atom stereocenters. The van der Waals surface area contributed by atoms with Crippen LogP contribution in [0.25, 0.3) is 11.1 Å². The highest BCUT2D eigenvalue weighted by atomic mass is 35.5. The van der Waals surface area contributed by atoms with Gasteiger partial charge in [-0.15, -0.1) is 0 Å². The lowest BCUT2D eigenvalue weighted by Gasteiger charge is -2.39. The Labute approximate surface area is 230 Å². The molecule has 0 aliphatic carbocycles. The molecule has 0 radical (unpaired) electrons. The summed E-state index contributed by atoms with van der Waals surface area (Å²) in [6, 6.07) is 7.48. The summed E-state index contributed by atoms with van der Waals surface area (Å²) in [5.41, 5.74) is 3.71. The van der Waals surface area contributed by atoms with E-state index in [2.05, 4.69) is 15.2 Å². The van der Waals surface area contributed by atoms with Crippen molar-refractivity contribution in [3.63, 3.8) is 0 Å². The Bertz CT molecular complexity index is 1370. The molecular formula is C26H27Cl3N6O2. The van der Waals surface area contributed by atoms with Crippen molar-refractivity contribution >= 4 is 52.3 Å². The first-order valence-electron chi connectivity index (χ1n) is 12.2. The second-order valence-electron chi connectivity index (χ2n) is 9.43. The molecule has 1 saturated heterocycles. The number of carbonyl (C=O) groups is 2. The van der Waals surface area contributed by atoms with Crippen LogP contribution in [0.3, 0.4) is 0 Å². The molecule has 2 aliphatic rings. The summed E-state index contributed by atoms with van der Waals surface area (Å²) in [6.45, 7) is 4.80. The molecule has 1 aromatic carbocycles. The SMILES string of the molecule is CC(=O)N1CCC(N2CCc3c(nc(C(=O)Nc4cccc(-c5ccnc(Cl)c5Cl)c4Cl)n3C)C2)CC1. The third kappa shape index (κ3) is 5.08. The predicted molar refractivity (Wildman–Crippen MR) is 145 cm³/mol. The topological polar surface area (TPSA) is 83.4 Å². The largest absolute Gasteiger partial charge is 0.343 e. The van der Waals surface area contributed by atoms with Gasteiger partial charge in [-0.2, -0.15) is 0 Å². The fourth-order valence-corrected chi connectivity index (χ4v) is 5.90. The Morgan fingerprint density at radius 1 is 1.03 bits per heavy atom. The lowest BCUT2D eigenvalue weighted by atomic mass is 10.00. The summed E-state index contributed by atoms with van der Waals surface area (Å²) in [6.07, 6.45) is 4.28. The summed E-state index contributed by atoms with van der Waals surface area (Å²) in [7, 11) is 1.87. The van der Waals surface area contributed by atoms with Gasteiger partial charge >= 0.3 is 0 Å². The smallest absolute Gasteiger partial charge is 0.291 e. The molecule has 0 saturated carbocycles. The predicted octanol–water partition coefficient (Wildman–Crippen LogP) is 5.06. The van der Waals surface area contributed by atoms with Crippen LogP contribution in [0.5, 0.6) is 0 Å². The van der Waals surface area contributed by atoms with E-state index in [4.69, 9.17) is 39.8 Å². The zero-order chi connectivity index (χ0) is 26.3. The summed E-state index contributed by atoms with van der Waals surface area (Å²) < 4.78 is 1.87. The minimum atomic E-state index is -0.337. The van der Waals surface area contributed by atoms with Gasteiger partial charge in [0.1, 0.15) is 5.15 Å². The number of carbonyl (C=O) groups excluding carboxylic acids is 2. The van der Waals surface area contributed by atoms with Crippen LogP contribution in [0.2, 0.25) is 15.2 Å². The van der Waals surface area contributed by atoms with E-state index in [9.17, 15) is 9.59 Å². The number of fused-ring (bicyclic) bond motifs is 1. The molecule has 2 aromatic heterocycles. The van der Waals surface area contributed by atoms with Gasteiger partial charge in [-0.25, -0.2) is 9.97 Å². The molecular weight excluding hydrogens is 535 g/mol. The van der Waals surface area contributed by atoms with Gasteiger partial charge in [-0.05, 0) is 25.0 Å². The number of benzene rings is 1. The van der Waals surface area contributed by atoms with Gasteiger partial charge in [0.25, 0.3) is 5.91 Å². The number of aromatic nitrogens is 3. The van der Waals surface area contributed by atoms with E-state index in [-0.39, 0.29) is 17.0 Å². The molecule has 0 spiro atoms. The number of piperidine rings is 1. The highest BCUT2D eigenvalue weighted by Crippen LogP contribution is 2.39. The van der Waals surface area contributed by atoms with Crippen molar-refractivity contribution in [2.24, 2.45) is 7.05 Å². The van der Waals surface area contributed by atoms with Gasteiger partial charge in [0, 0.05) is 75.6 Å². The Kier molecular flexibility index (Phi) is 7.45. The van der Waals surface area contributed by atoms with Crippen molar-refractivity contribution in [2.45, 2.75) is 38.8 Å². The first-order chi connectivity index (χ1) is 17.7. The highest BCUT2D eigenvalue weighted by molar-refractivity contribution is 6.44. The zero-order valence-electron chi connectivity index (χ0n) is 20.6. The number of imidazole rings is 1. The van der Waals surface area contributed by atoms with Crippen LogP contribution >= 0.6 is 34.8 Å². The lowest BCUT2D eigenvalue weighted by molar-refractivity contribution is -0.130. The van der Waals surface area contributed by atoms with Crippen molar-refractivity contribution < 1.29 is 9.59 Å². The zero-order valence-corrected chi connectivity index (χ0v) is 22.9. The number of nitrogens with zero attached hydrogens (tertiary/aromatic N) is 5. The minimum Gasteiger partial charge on any atom is -0.343 e. The first-order valence-corrected chi connectivity index (χ1v) is 13.3.